The lowest BCUT2D eigenvalue weighted by atomic mass is 9.94. The van der Waals surface area contributed by atoms with Gasteiger partial charge in [-0.1, -0.05) is 62.4 Å². The van der Waals surface area contributed by atoms with Crippen LogP contribution in [-0.4, -0.2) is 17.0 Å². The maximum Gasteiger partial charge on any atom is 0.274 e. The molecule has 0 aliphatic heterocycles. The van der Waals surface area contributed by atoms with Gasteiger partial charge in [0.1, 0.15) is 5.82 Å². The number of hydrogen-bond acceptors (Lipinski definition) is 3. The second-order valence-corrected chi connectivity index (χ2v) is 7.32. The molecule has 5 nitrogen and oxygen atoms in total. The second-order valence-electron chi connectivity index (χ2n) is 7.32. The molecule has 0 radical (unpaired) electrons. The van der Waals surface area contributed by atoms with Crippen LogP contribution >= 0.6 is 0 Å². The molecule has 0 aliphatic carbocycles. The number of rotatable bonds is 6. The largest absolute Gasteiger partial charge is 0.345 e. The van der Waals surface area contributed by atoms with Crippen molar-refractivity contribution in [3.63, 3.8) is 0 Å². The fourth-order valence-electron chi connectivity index (χ4n) is 3.26. The van der Waals surface area contributed by atoms with E-state index >= 15 is 0 Å². The highest BCUT2D eigenvalue weighted by atomic mass is 19.1. The Kier molecular flexibility index (Phi) is 6.59. The van der Waals surface area contributed by atoms with Crippen LogP contribution in [0.1, 0.15) is 46.2 Å². The van der Waals surface area contributed by atoms with Gasteiger partial charge in [0, 0.05) is 16.7 Å². The van der Waals surface area contributed by atoms with Gasteiger partial charge in [-0.05, 0) is 41.3 Å². The number of hydroxylamine groups is 1. The quantitative estimate of drug-likeness (QED) is 0.409. The molecule has 0 heterocycles. The van der Waals surface area contributed by atoms with Crippen LogP contribution in [0, 0.1) is 11.7 Å². The average molecular weight is 406 g/mol. The number of benzene rings is 3. The standard InChI is InChI=1S/C24H23FN2O3/c1-15(2)22(20-13-12-19(14-21(20)25)24(29)27-30)26-23(28)18-10-8-17(9-11-18)16-6-4-3-5-7-16/h3-15,22,30H,1-2H3,(H,26,28)(H,27,29). The number of halogens is 1. The lowest BCUT2D eigenvalue weighted by molar-refractivity contribution is 0.0705. The van der Waals surface area contributed by atoms with Gasteiger partial charge in [-0.3, -0.25) is 14.8 Å². The summed E-state index contributed by atoms with van der Waals surface area (Å²) in [6, 6.07) is 20.4. The first-order chi connectivity index (χ1) is 14.4. The fourth-order valence-corrected chi connectivity index (χ4v) is 3.26. The predicted molar refractivity (Wildman–Crippen MR) is 113 cm³/mol. The molecule has 3 N–H and O–H groups in total. The highest BCUT2D eigenvalue weighted by molar-refractivity contribution is 5.95. The van der Waals surface area contributed by atoms with E-state index in [2.05, 4.69) is 5.32 Å². The first kappa shape index (κ1) is 21.2. The molecule has 3 aromatic carbocycles. The normalized spacial score (nSPS) is 11.8. The molecule has 6 heteroatoms. The van der Waals surface area contributed by atoms with Crippen molar-refractivity contribution in [1.29, 1.82) is 0 Å². The van der Waals surface area contributed by atoms with Gasteiger partial charge in [0.2, 0.25) is 0 Å². The first-order valence-corrected chi connectivity index (χ1v) is 9.61. The minimum absolute atomic E-state index is 0.0101. The number of hydrogen-bond donors (Lipinski definition) is 3. The molecule has 2 amide bonds. The maximum absolute atomic E-state index is 14.6. The van der Waals surface area contributed by atoms with Crippen LogP contribution < -0.4 is 10.8 Å². The third kappa shape index (κ3) is 4.72. The van der Waals surface area contributed by atoms with Crippen LogP contribution in [0.3, 0.4) is 0 Å². The molecule has 0 fully saturated rings. The number of amides is 2. The van der Waals surface area contributed by atoms with Crippen molar-refractivity contribution >= 4 is 11.8 Å². The SMILES string of the molecule is CC(C)C(NC(=O)c1ccc(-c2ccccc2)cc1)c1ccc(C(=O)NO)cc1F. The lowest BCUT2D eigenvalue weighted by Gasteiger charge is -2.24. The average Bonchev–Trinajstić information content (AvgIpc) is 2.77. The molecule has 0 aliphatic rings. The minimum atomic E-state index is -0.802. The maximum atomic E-state index is 14.6. The van der Waals surface area contributed by atoms with E-state index in [0.29, 0.717) is 5.56 Å². The van der Waals surface area contributed by atoms with E-state index in [1.807, 2.05) is 56.3 Å². The van der Waals surface area contributed by atoms with Crippen LogP contribution in [0.25, 0.3) is 11.1 Å². The summed E-state index contributed by atoms with van der Waals surface area (Å²) in [6.45, 7) is 3.74. The van der Waals surface area contributed by atoms with Crippen LogP contribution in [-0.2, 0) is 0 Å². The van der Waals surface area contributed by atoms with E-state index in [1.54, 1.807) is 12.1 Å². The molecular weight excluding hydrogens is 383 g/mol. The Morgan fingerprint density at radius 1 is 0.833 bits per heavy atom. The van der Waals surface area contributed by atoms with Gasteiger partial charge >= 0.3 is 0 Å². The summed E-state index contributed by atoms with van der Waals surface area (Å²) in [7, 11) is 0. The highest BCUT2D eigenvalue weighted by Gasteiger charge is 2.23. The Labute approximate surface area is 174 Å². The van der Waals surface area contributed by atoms with Crippen molar-refractivity contribution in [3.05, 3.63) is 95.3 Å². The first-order valence-electron chi connectivity index (χ1n) is 9.61. The van der Waals surface area contributed by atoms with Crippen molar-refractivity contribution < 1.29 is 19.2 Å². The molecule has 3 rings (SSSR count). The monoisotopic (exact) mass is 406 g/mol. The van der Waals surface area contributed by atoms with Gasteiger partial charge in [0.25, 0.3) is 11.8 Å². The molecule has 0 bridgehead atoms. The molecule has 0 saturated carbocycles. The van der Waals surface area contributed by atoms with Crippen molar-refractivity contribution in [1.82, 2.24) is 10.8 Å². The van der Waals surface area contributed by atoms with Gasteiger partial charge in [0.15, 0.2) is 0 Å². The highest BCUT2D eigenvalue weighted by Crippen LogP contribution is 2.26. The van der Waals surface area contributed by atoms with Crippen LogP contribution in [0.5, 0.6) is 0 Å². The van der Waals surface area contributed by atoms with E-state index < -0.39 is 17.8 Å². The smallest absolute Gasteiger partial charge is 0.274 e. The number of carbonyl (C=O) groups is 2. The zero-order valence-electron chi connectivity index (χ0n) is 16.7. The van der Waals surface area contributed by atoms with Gasteiger partial charge < -0.3 is 5.32 Å². The van der Waals surface area contributed by atoms with Crippen LogP contribution in [0.4, 0.5) is 4.39 Å². The van der Waals surface area contributed by atoms with Crippen molar-refractivity contribution in [3.8, 4) is 11.1 Å². The Hall–Kier alpha value is -3.51. The topological polar surface area (TPSA) is 78.4 Å². The van der Waals surface area contributed by atoms with Crippen molar-refractivity contribution in [2.24, 2.45) is 5.92 Å². The zero-order valence-corrected chi connectivity index (χ0v) is 16.7. The van der Waals surface area contributed by atoms with E-state index in [9.17, 15) is 14.0 Å². The predicted octanol–water partition coefficient (Wildman–Crippen LogP) is 4.74. The Morgan fingerprint density at radius 3 is 2.00 bits per heavy atom. The summed E-state index contributed by atoms with van der Waals surface area (Å²) in [5.74, 6) is -1.84. The zero-order chi connectivity index (χ0) is 21.7. The third-order valence-corrected chi connectivity index (χ3v) is 4.91. The number of nitrogens with one attached hydrogen (secondary N) is 2. The molecule has 0 saturated heterocycles. The molecule has 154 valence electrons. The van der Waals surface area contributed by atoms with Crippen molar-refractivity contribution in [2.45, 2.75) is 19.9 Å². The Morgan fingerprint density at radius 2 is 1.43 bits per heavy atom. The Balaban J connectivity index is 1.80. The van der Waals surface area contributed by atoms with Crippen LogP contribution in [0.2, 0.25) is 0 Å². The third-order valence-electron chi connectivity index (χ3n) is 4.91. The second kappa shape index (κ2) is 9.33. The summed E-state index contributed by atoms with van der Waals surface area (Å²) < 4.78 is 14.6. The van der Waals surface area contributed by atoms with E-state index in [1.165, 1.54) is 17.6 Å². The summed E-state index contributed by atoms with van der Waals surface area (Å²) in [4.78, 5) is 24.3. The Bertz CT molecular complexity index is 1030. The molecular formula is C24H23FN2O3. The summed E-state index contributed by atoms with van der Waals surface area (Å²) in [6.07, 6.45) is 0. The fraction of sp³-hybridized carbons (Fsp3) is 0.167. The molecule has 1 atom stereocenters. The van der Waals surface area contributed by atoms with Crippen molar-refractivity contribution in [2.75, 3.05) is 0 Å². The van der Waals surface area contributed by atoms with E-state index in [4.69, 9.17) is 5.21 Å². The molecule has 0 aromatic heterocycles. The minimum Gasteiger partial charge on any atom is -0.345 e. The van der Waals surface area contributed by atoms with E-state index in [0.717, 1.165) is 17.2 Å². The lowest BCUT2D eigenvalue weighted by Crippen LogP contribution is -2.32. The van der Waals surface area contributed by atoms with Gasteiger partial charge in [-0.25, -0.2) is 9.87 Å². The summed E-state index contributed by atoms with van der Waals surface area (Å²) in [5.41, 5.74) is 4.26. The van der Waals surface area contributed by atoms with Gasteiger partial charge in [-0.15, -0.1) is 0 Å². The number of carbonyl (C=O) groups excluding carboxylic acids is 2. The van der Waals surface area contributed by atoms with E-state index in [-0.39, 0.29) is 23.0 Å². The molecule has 30 heavy (non-hydrogen) atoms. The molecule has 0 spiro atoms. The molecule has 3 aromatic rings. The summed E-state index contributed by atoms with van der Waals surface area (Å²) >= 11 is 0. The summed E-state index contributed by atoms with van der Waals surface area (Å²) in [5, 5.41) is 11.6. The van der Waals surface area contributed by atoms with Crippen LogP contribution in [0.15, 0.2) is 72.8 Å². The van der Waals surface area contributed by atoms with Gasteiger partial charge in [-0.2, -0.15) is 0 Å². The van der Waals surface area contributed by atoms with Gasteiger partial charge in [0.05, 0.1) is 6.04 Å². The molecule has 1 unspecified atom stereocenters.